The standard InChI is InChI=1S/C19H15BrO/c1-21-16-11-7-14(8-12-16)6-9-15-10-13-19(20)18-5-3-2-4-17(15)18/h2-13H,1H3/b9-6+. The number of benzene rings is 3. The molecule has 0 heterocycles. The van der Waals surface area contributed by atoms with E-state index in [1.54, 1.807) is 7.11 Å². The van der Waals surface area contributed by atoms with Crippen LogP contribution < -0.4 is 4.74 Å². The molecule has 0 aliphatic rings. The molecule has 0 saturated heterocycles. The molecule has 0 aliphatic carbocycles. The molecule has 2 heteroatoms. The predicted octanol–water partition coefficient (Wildman–Crippen LogP) is 5.78. The Morgan fingerprint density at radius 1 is 0.810 bits per heavy atom. The lowest BCUT2D eigenvalue weighted by Gasteiger charge is -2.04. The molecule has 0 fully saturated rings. The number of hydrogen-bond acceptors (Lipinski definition) is 1. The molecule has 0 radical (unpaired) electrons. The van der Waals surface area contributed by atoms with Crippen LogP contribution in [0.25, 0.3) is 22.9 Å². The minimum Gasteiger partial charge on any atom is -0.497 e. The molecule has 3 aromatic rings. The van der Waals surface area contributed by atoms with Crippen molar-refractivity contribution in [3.8, 4) is 5.75 Å². The zero-order valence-electron chi connectivity index (χ0n) is 11.7. The number of fused-ring (bicyclic) bond motifs is 1. The van der Waals surface area contributed by atoms with Gasteiger partial charge in [-0.15, -0.1) is 0 Å². The zero-order valence-corrected chi connectivity index (χ0v) is 13.3. The van der Waals surface area contributed by atoms with E-state index < -0.39 is 0 Å². The molecule has 0 aliphatic heterocycles. The van der Waals surface area contributed by atoms with E-state index in [1.807, 2.05) is 12.1 Å². The zero-order chi connectivity index (χ0) is 14.7. The van der Waals surface area contributed by atoms with Crippen LogP contribution in [0.3, 0.4) is 0 Å². The largest absolute Gasteiger partial charge is 0.497 e. The summed E-state index contributed by atoms with van der Waals surface area (Å²) in [7, 11) is 1.68. The van der Waals surface area contributed by atoms with Gasteiger partial charge in [-0.05, 0) is 40.1 Å². The highest BCUT2D eigenvalue weighted by Gasteiger charge is 2.01. The number of halogens is 1. The number of rotatable bonds is 3. The first-order valence-electron chi connectivity index (χ1n) is 6.77. The molecule has 0 spiro atoms. The summed E-state index contributed by atoms with van der Waals surface area (Å²) >= 11 is 3.60. The van der Waals surface area contributed by atoms with Gasteiger partial charge in [-0.3, -0.25) is 0 Å². The Hall–Kier alpha value is -2.06. The fourth-order valence-corrected chi connectivity index (χ4v) is 2.81. The molecule has 3 rings (SSSR count). The van der Waals surface area contributed by atoms with Gasteiger partial charge in [0.25, 0.3) is 0 Å². The van der Waals surface area contributed by atoms with Gasteiger partial charge in [-0.25, -0.2) is 0 Å². The molecule has 0 bridgehead atoms. The molecule has 0 N–H and O–H groups in total. The van der Waals surface area contributed by atoms with Crippen LogP contribution in [-0.2, 0) is 0 Å². The fourth-order valence-electron chi connectivity index (χ4n) is 2.33. The van der Waals surface area contributed by atoms with E-state index in [1.165, 1.54) is 16.3 Å². The molecule has 104 valence electrons. The Kier molecular flexibility index (Phi) is 4.07. The van der Waals surface area contributed by atoms with E-state index in [9.17, 15) is 0 Å². The third kappa shape index (κ3) is 3.01. The second-order valence-corrected chi connectivity index (χ2v) is 5.64. The molecule has 0 amide bonds. The third-order valence-corrected chi connectivity index (χ3v) is 4.17. The molecule has 1 nitrogen and oxygen atoms in total. The number of methoxy groups -OCH3 is 1. The Morgan fingerprint density at radius 2 is 1.52 bits per heavy atom. The molecule has 0 aromatic heterocycles. The third-order valence-electron chi connectivity index (χ3n) is 3.48. The summed E-state index contributed by atoms with van der Waals surface area (Å²) in [6.45, 7) is 0. The van der Waals surface area contributed by atoms with Crippen LogP contribution in [0.2, 0.25) is 0 Å². The average Bonchev–Trinajstić information content (AvgIpc) is 2.55. The van der Waals surface area contributed by atoms with Gasteiger partial charge in [0, 0.05) is 4.47 Å². The Bertz CT molecular complexity index is 788. The summed E-state index contributed by atoms with van der Waals surface area (Å²) in [5.74, 6) is 0.876. The summed E-state index contributed by atoms with van der Waals surface area (Å²) in [6.07, 6.45) is 4.27. The van der Waals surface area contributed by atoms with Gasteiger partial charge in [-0.2, -0.15) is 0 Å². The van der Waals surface area contributed by atoms with Crippen molar-refractivity contribution in [2.45, 2.75) is 0 Å². The molecule has 0 unspecified atom stereocenters. The fraction of sp³-hybridized carbons (Fsp3) is 0.0526. The summed E-state index contributed by atoms with van der Waals surface area (Å²) in [6, 6.07) is 20.7. The molecule has 3 aromatic carbocycles. The van der Waals surface area contributed by atoms with Crippen LogP contribution in [-0.4, -0.2) is 7.11 Å². The van der Waals surface area contributed by atoms with Crippen molar-refractivity contribution in [1.29, 1.82) is 0 Å². The van der Waals surface area contributed by atoms with Crippen LogP contribution >= 0.6 is 15.9 Å². The summed E-state index contributed by atoms with van der Waals surface area (Å²) in [4.78, 5) is 0. The summed E-state index contributed by atoms with van der Waals surface area (Å²) in [5, 5.41) is 2.48. The van der Waals surface area contributed by atoms with Crippen molar-refractivity contribution in [2.75, 3.05) is 7.11 Å². The monoisotopic (exact) mass is 338 g/mol. The SMILES string of the molecule is COc1ccc(/C=C/c2ccc(Br)c3ccccc23)cc1. The normalized spacial score (nSPS) is 11.1. The first kappa shape index (κ1) is 13.9. The van der Waals surface area contributed by atoms with Crippen molar-refractivity contribution in [3.63, 3.8) is 0 Å². The molecule has 0 saturated carbocycles. The minimum atomic E-state index is 0.876. The highest BCUT2D eigenvalue weighted by Crippen LogP contribution is 2.28. The van der Waals surface area contributed by atoms with E-state index in [-0.39, 0.29) is 0 Å². The van der Waals surface area contributed by atoms with E-state index in [0.29, 0.717) is 0 Å². The van der Waals surface area contributed by atoms with Gasteiger partial charge >= 0.3 is 0 Å². The summed E-state index contributed by atoms with van der Waals surface area (Å²) in [5.41, 5.74) is 2.37. The van der Waals surface area contributed by atoms with Crippen molar-refractivity contribution in [1.82, 2.24) is 0 Å². The number of ether oxygens (including phenoxy) is 1. The van der Waals surface area contributed by atoms with E-state index in [2.05, 4.69) is 76.6 Å². The first-order valence-corrected chi connectivity index (χ1v) is 7.56. The topological polar surface area (TPSA) is 9.23 Å². The maximum Gasteiger partial charge on any atom is 0.118 e. The van der Waals surface area contributed by atoms with Gasteiger partial charge in [0.05, 0.1) is 7.11 Å². The van der Waals surface area contributed by atoms with E-state index in [0.717, 1.165) is 15.8 Å². The minimum absolute atomic E-state index is 0.876. The van der Waals surface area contributed by atoms with Gasteiger partial charge in [-0.1, -0.05) is 70.5 Å². The Morgan fingerprint density at radius 3 is 2.24 bits per heavy atom. The van der Waals surface area contributed by atoms with Crippen molar-refractivity contribution in [3.05, 3.63) is 76.3 Å². The second kappa shape index (κ2) is 6.15. The quantitative estimate of drug-likeness (QED) is 0.550. The van der Waals surface area contributed by atoms with Crippen molar-refractivity contribution >= 4 is 38.9 Å². The summed E-state index contributed by atoms with van der Waals surface area (Å²) < 4.78 is 6.30. The lowest BCUT2D eigenvalue weighted by molar-refractivity contribution is 0.415. The van der Waals surface area contributed by atoms with Crippen LogP contribution in [0.1, 0.15) is 11.1 Å². The Balaban J connectivity index is 1.97. The molecular weight excluding hydrogens is 324 g/mol. The second-order valence-electron chi connectivity index (χ2n) is 4.79. The van der Waals surface area contributed by atoms with Crippen LogP contribution in [0.5, 0.6) is 5.75 Å². The van der Waals surface area contributed by atoms with E-state index in [4.69, 9.17) is 4.74 Å². The van der Waals surface area contributed by atoms with Gasteiger partial charge < -0.3 is 4.74 Å². The van der Waals surface area contributed by atoms with Gasteiger partial charge in [0.2, 0.25) is 0 Å². The highest BCUT2D eigenvalue weighted by molar-refractivity contribution is 9.10. The molecular formula is C19H15BrO. The van der Waals surface area contributed by atoms with Crippen molar-refractivity contribution in [2.24, 2.45) is 0 Å². The lowest BCUT2D eigenvalue weighted by Crippen LogP contribution is -1.82. The predicted molar refractivity (Wildman–Crippen MR) is 93.6 cm³/mol. The van der Waals surface area contributed by atoms with E-state index >= 15 is 0 Å². The van der Waals surface area contributed by atoms with Crippen LogP contribution in [0, 0.1) is 0 Å². The number of hydrogen-bond donors (Lipinski definition) is 0. The first-order chi connectivity index (χ1) is 10.3. The highest BCUT2D eigenvalue weighted by atomic mass is 79.9. The van der Waals surface area contributed by atoms with Crippen LogP contribution in [0.15, 0.2) is 65.1 Å². The smallest absolute Gasteiger partial charge is 0.118 e. The maximum atomic E-state index is 5.17. The maximum absolute atomic E-state index is 5.17. The van der Waals surface area contributed by atoms with Crippen molar-refractivity contribution < 1.29 is 4.74 Å². The van der Waals surface area contributed by atoms with Gasteiger partial charge in [0.15, 0.2) is 0 Å². The lowest BCUT2D eigenvalue weighted by atomic mass is 10.0. The van der Waals surface area contributed by atoms with Gasteiger partial charge in [0.1, 0.15) is 5.75 Å². The Labute approximate surface area is 133 Å². The van der Waals surface area contributed by atoms with Crippen LogP contribution in [0.4, 0.5) is 0 Å². The molecule has 21 heavy (non-hydrogen) atoms. The average molecular weight is 339 g/mol. The molecule has 0 atom stereocenters.